The van der Waals surface area contributed by atoms with Gasteiger partial charge in [-0.3, -0.25) is 9.78 Å². The molecule has 1 heterocycles. The van der Waals surface area contributed by atoms with Crippen LogP contribution in [0.2, 0.25) is 0 Å². The van der Waals surface area contributed by atoms with Crippen LogP contribution >= 0.6 is 11.3 Å². The van der Waals surface area contributed by atoms with Crippen molar-refractivity contribution in [1.82, 2.24) is 10.3 Å². The maximum Gasteiger partial charge on any atom is 0.154 e. The number of aromatic nitrogens is 1. The maximum atomic E-state index is 11.4. The number of Topliss-reactive ketones (excluding diaryl/α,β-unsaturated/α-hetero) is 1. The summed E-state index contributed by atoms with van der Waals surface area (Å²) in [5, 5.41) is 2.91. The molecule has 0 saturated heterocycles. The molecular weight excluding hydrogens is 172 g/mol. The van der Waals surface area contributed by atoms with Gasteiger partial charge in [-0.05, 0) is 14.0 Å². The van der Waals surface area contributed by atoms with E-state index in [0.29, 0.717) is 6.42 Å². The van der Waals surface area contributed by atoms with Crippen LogP contribution in [0.4, 0.5) is 0 Å². The molecule has 1 aromatic rings. The summed E-state index contributed by atoms with van der Waals surface area (Å²) in [6.07, 6.45) is 2.23. The highest BCUT2D eigenvalue weighted by atomic mass is 32.1. The Balaban J connectivity index is 2.47. The van der Waals surface area contributed by atoms with Crippen molar-refractivity contribution in [3.8, 4) is 0 Å². The van der Waals surface area contributed by atoms with E-state index in [1.54, 1.807) is 18.8 Å². The zero-order chi connectivity index (χ0) is 8.97. The summed E-state index contributed by atoms with van der Waals surface area (Å²) in [6, 6.07) is -0.0629. The molecule has 1 rings (SSSR count). The predicted octanol–water partition coefficient (Wildman–Crippen LogP) is 0.863. The first-order valence-corrected chi connectivity index (χ1v) is 4.69. The number of hydrogen-bond acceptors (Lipinski definition) is 4. The molecule has 0 spiro atoms. The molecule has 0 radical (unpaired) electrons. The van der Waals surface area contributed by atoms with E-state index in [9.17, 15) is 4.79 Å². The largest absolute Gasteiger partial charge is 0.311 e. The molecule has 0 aliphatic heterocycles. The predicted molar refractivity (Wildman–Crippen MR) is 49.3 cm³/mol. The molecule has 1 N–H and O–H groups in total. The fraction of sp³-hybridized carbons (Fsp3) is 0.500. The molecule has 1 unspecified atom stereocenters. The van der Waals surface area contributed by atoms with Crippen LogP contribution in [0, 0.1) is 0 Å². The van der Waals surface area contributed by atoms with Crippen LogP contribution in [-0.4, -0.2) is 23.9 Å². The zero-order valence-corrected chi connectivity index (χ0v) is 8.02. The molecule has 0 bridgehead atoms. The second-order valence-corrected chi connectivity index (χ2v) is 3.59. The molecule has 0 aliphatic rings. The monoisotopic (exact) mass is 184 g/mol. The van der Waals surface area contributed by atoms with E-state index in [1.807, 2.05) is 6.92 Å². The van der Waals surface area contributed by atoms with Crippen molar-refractivity contribution < 1.29 is 4.79 Å². The highest BCUT2D eigenvalue weighted by molar-refractivity contribution is 7.09. The molecular formula is C8H12N2OS. The number of nitrogens with one attached hydrogen (secondary N) is 1. The number of ketones is 1. The zero-order valence-electron chi connectivity index (χ0n) is 7.20. The van der Waals surface area contributed by atoms with E-state index < -0.39 is 0 Å². The molecule has 12 heavy (non-hydrogen) atoms. The van der Waals surface area contributed by atoms with Crippen molar-refractivity contribution in [3.05, 3.63) is 16.6 Å². The number of likely N-dealkylation sites (N-methyl/N-ethyl adjacent to an activating group) is 1. The molecule has 0 amide bonds. The summed E-state index contributed by atoms with van der Waals surface area (Å²) >= 11 is 1.52. The molecule has 0 aliphatic carbocycles. The van der Waals surface area contributed by atoms with Gasteiger partial charge in [0.15, 0.2) is 5.78 Å². The van der Waals surface area contributed by atoms with Crippen molar-refractivity contribution in [1.29, 1.82) is 0 Å². The fourth-order valence-corrected chi connectivity index (χ4v) is 1.42. The Morgan fingerprint density at radius 2 is 2.58 bits per heavy atom. The third-order valence-corrected chi connectivity index (χ3v) is 2.53. The van der Waals surface area contributed by atoms with Crippen LogP contribution in [-0.2, 0) is 11.2 Å². The third-order valence-electron chi connectivity index (χ3n) is 1.75. The number of thiazole rings is 1. The normalized spacial score (nSPS) is 12.8. The highest BCUT2D eigenvalue weighted by Gasteiger charge is 2.11. The Kier molecular flexibility index (Phi) is 3.37. The number of hydrogen-bond donors (Lipinski definition) is 1. The number of nitrogens with zero attached hydrogens (tertiary/aromatic N) is 1. The van der Waals surface area contributed by atoms with Gasteiger partial charge in [0, 0.05) is 17.5 Å². The second-order valence-electron chi connectivity index (χ2n) is 2.62. The summed E-state index contributed by atoms with van der Waals surface area (Å²) < 4.78 is 0. The van der Waals surface area contributed by atoms with Crippen LogP contribution in [0.1, 0.15) is 11.8 Å². The average molecular weight is 184 g/mol. The second kappa shape index (κ2) is 4.33. The van der Waals surface area contributed by atoms with Crippen LogP contribution in [0.5, 0.6) is 0 Å². The minimum Gasteiger partial charge on any atom is -0.311 e. The summed E-state index contributed by atoms with van der Waals surface area (Å²) in [5.74, 6) is 0.210. The Morgan fingerprint density at radius 1 is 1.83 bits per heavy atom. The lowest BCUT2D eigenvalue weighted by molar-refractivity contribution is -0.119. The number of carbonyl (C=O) groups is 1. The number of carbonyl (C=O) groups excluding carboxylic acids is 1. The lowest BCUT2D eigenvalue weighted by atomic mass is 10.1. The lowest BCUT2D eigenvalue weighted by Crippen LogP contribution is -2.31. The van der Waals surface area contributed by atoms with E-state index in [2.05, 4.69) is 10.3 Å². The molecule has 0 fully saturated rings. The van der Waals surface area contributed by atoms with Crippen LogP contribution in [0.25, 0.3) is 0 Å². The molecule has 4 heteroatoms. The topological polar surface area (TPSA) is 42.0 Å². The van der Waals surface area contributed by atoms with Gasteiger partial charge in [0.05, 0.1) is 11.6 Å². The van der Waals surface area contributed by atoms with Crippen molar-refractivity contribution in [2.75, 3.05) is 7.05 Å². The molecule has 3 nitrogen and oxygen atoms in total. The summed E-state index contributed by atoms with van der Waals surface area (Å²) in [7, 11) is 1.79. The Hall–Kier alpha value is -0.740. The SMILES string of the molecule is CNC(C)C(=O)Cc1cncs1. The Morgan fingerprint density at radius 3 is 3.08 bits per heavy atom. The average Bonchev–Trinajstić information content (AvgIpc) is 2.55. The number of rotatable bonds is 4. The van der Waals surface area contributed by atoms with Crippen LogP contribution in [0.15, 0.2) is 11.7 Å². The van der Waals surface area contributed by atoms with E-state index in [4.69, 9.17) is 0 Å². The Bertz CT molecular complexity index is 246. The van der Waals surface area contributed by atoms with Crippen molar-refractivity contribution in [3.63, 3.8) is 0 Å². The van der Waals surface area contributed by atoms with Crippen molar-refractivity contribution in [2.45, 2.75) is 19.4 Å². The summed E-state index contributed by atoms with van der Waals surface area (Å²) in [4.78, 5) is 16.3. The van der Waals surface area contributed by atoms with E-state index in [-0.39, 0.29) is 11.8 Å². The molecule has 0 aromatic carbocycles. The molecule has 0 saturated carbocycles. The minimum absolute atomic E-state index is 0.0629. The Labute approximate surface area is 75.8 Å². The van der Waals surface area contributed by atoms with Gasteiger partial charge in [-0.1, -0.05) is 0 Å². The smallest absolute Gasteiger partial charge is 0.154 e. The molecule has 1 aromatic heterocycles. The minimum atomic E-state index is -0.0629. The molecule has 1 atom stereocenters. The summed E-state index contributed by atoms with van der Waals surface area (Å²) in [6.45, 7) is 1.86. The van der Waals surface area contributed by atoms with Gasteiger partial charge in [0.25, 0.3) is 0 Å². The van der Waals surface area contributed by atoms with Crippen molar-refractivity contribution in [2.24, 2.45) is 0 Å². The maximum absolute atomic E-state index is 11.4. The van der Waals surface area contributed by atoms with Gasteiger partial charge in [0.1, 0.15) is 0 Å². The fourth-order valence-electron chi connectivity index (χ4n) is 0.815. The van der Waals surface area contributed by atoms with E-state index >= 15 is 0 Å². The lowest BCUT2D eigenvalue weighted by Gasteiger charge is -2.06. The van der Waals surface area contributed by atoms with Gasteiger partial charge in [-0.15, -0.1) is 11.3 Å². The first-order chi connectivity index (χ1) is 5.74. The van der Waals surface area contributed by atoms with Gasteiger partial charge in [-0.25, -0.2) is 0 Å². The van der Waals surface area contributed by atoms with Crippen molar-refractivity contribution >= 4 is 17.1 Å². The van der Waals surface area contributed by atoms with Crippen LogP contribution < -0.4 is 5.32 Å². The first kappa shape index (κ1) is 9.35. The molecule has 66 valence electrons. The highest BCUT2D eigenvalue weighted by Crippen LogP contribution is 2.07. The quantitative estimate of drug-likeness (QED) is 0.754. The van der Waals surface area contributed by atoms with Crippen LogP contribution in [0.3, 0.4) is 0 Å². The van der Waals surface area contributed by atoms with Gasteiger partial charge in [-0.2, -0.15) is 0 Å². The first-order valence-electron chi connectivity index (χ1n) is 3.81. The van der Waals surface area contributed by atoms with Gasteiger partial charge in [0.2, 0.25) is 0 Å². The standard InChI is InChI=1S/C8H12N2OS/c1-6(9-2)8(11)3-7-4-10-5-12-7/h4-6,9H,3H2,1-2H3. The van der Waals surface area contributed by atoms with Gasteiger partial charge >= 0.3 is 0 Å². The van der Waals surface area contributed by atoms with Gasteiger partial charge < -0.3 is 5.32 Å². The summed E-state index contributed by atoms with van der Waals surface area (Å²) in [5.41, 5.74) is 1.74. The van der Waals surface area contributed by atoms with E-state index in [1.165, 1.54) is 11.3 Å². The third kappa shape index (κ3) is 2.39. The van der Waals surface area contributed by atoms with E-state index in [0.717, 1.165) is 4.88 Å².